The van der Waals surface area contributed by atoms with Gasteiger partial charge in [-0.15, -0.1) is 11.3 Å². The van der Waals surface area contributed by atoms with E-state index in [-0.39, 0.29) is 5.95 Å². The molecule has 3 rings (SSSR count). The summed E-state index contributed by atoms with van der Waals surface area (Å²) in [6.45, 7) is 4.43. The lowest BCUT2D eigenvalue weighted by molar-refractivity contribution is 0.296. The van der Waals surface area contributed by atoms with Gasteiger partial charge in [-0.3, -0.25) is 0 Å². The fourth-order valence-electron chi connectivity index (χ4n) is 2.29. The maximum absolute atomic E-state index is 5.74. The molecule has 0 atom stereocenters. The molecule has 0 saturated carbocycles. The molecule has 1 saturated heterocycles. The number of rotatable bonds is 5. The van der Waals surface area contributed by atoms with Crippen LogP contribution in [0.15, 0.2) is 5.51 Å². The molecule has 2 N–H and O–H groups in total. The highest BCUT2D eigenvalue weighted by Gasteiger charge is 2.17. The van der Waals surface area contributed by atoms with Gasteiger partial charge in [-0.05, 0) is 19.8 Å². The molecule has 21 heavy (non-hydrogen) atoms. The van der Waals surface area contributed by atoms with Crippen LogP contribution in [0.5, 0.6) is 6.01 Å². The third kappa shape index (κ3) is 3.38. The van der Waals surface area contributed by atoms with Crippen LogP contribution >= 0.6 is 11.3 Å². The van der Waals surface area contributed by atoms with Gasteiger partial charge in [0.1, 0.15) is 0 Å². The Morgan fingerprint density at radius 2 is 2.10 bits per heavy atom. The SMILES string of the molecule is Cc1ncsc1CCOc1nc(N)nc(N2CCCC2)n1. The second-order valence-electron chi connectivity index (χ2n) is 4.93. The van der Waals surface area contributed by atoms with E-state index in [1.165, 1.54) is 4.88 Å². The molecule has 1 fully saturated rings. The molecule has 1 aliphatic rings. The van der Waals surface area contributed by atoms with Gasteiger partial charge >= 0.3 is 6.01 Å². The number of hydrogen-bond donors (Lipinski definition) is 1. The first-order valence-corrected chi connectivity index (χ1v) is 7.88. The standard InChI is InChI=1S/C13H18N6OS/c1-9-10(21-8-15-9)4-7-20-13-17-11(14)16-12(18-13)19-5-2-3-6-19/h8H,2-7H2,1H3,(H2,14,16,17,18). The van der Waals surface area contributed by atoms with Gasteiger partial charge in [-0.25, -0.2) is 4.98 Å². The van der Waals surface area contributed by atoms with Crippen LogP contribution in [0.4, 0.5) is 11.9 Å². The third-order valence-corrected chi connectivity index (χ3v) is 4.41. The van der Waals surface area contributed by atoms with E-state index in [4.69, 9.17) is 10.5 Å². The first kappa shape index (κ1) is 14.0. The summed E-state index contributed by atoms with van der Waals surface area (Å²) in [5.74, 6) is 0.819. The van der Waals surface area contributed by atoms with Crippen molar-refractivity contribution in [2.45, 2.75) is 26.2 Å². The quantitative estimate of drug-likeness (QED) is 0.893. The van der Waals surface area contributed by atoms with Crippen molar-refractivity contribution in [1.29, 1.82) is 0 Å². The van der Waals surface area contributed by atoms with Crippen LogP contribution in [0, 0.1) is 6.92 Å². The molecule has 0 amide bonds. The first-order chi connectivity index (χ1) is 10.2. The third-order valence-electron chi connectivity index (χ3n) is 3.41. The first-order valence-electron chi connectivity index (χ1n) is 7.00. The number of anilines is 2. The van der Waals surface area contributed by atoms with Crippen LogP contribution in [0.25, 0.3) is 0 Å². The van der Waals surface area contributed by atoms with Gasteiger partial charge in [0.25, 0.3) is 0 Å². The average molecular weight is 306 g/mol. The van der Waals surface area contributed by atoms with Gasteiger partial charge in [-0.2, -0.15) is 15.0 Å². The molecule has 2 aromatic heterocycles. The minimum Gasteiger partial charge on any atom is -0.463 e. The highest BCUT2D eigenvalue weighted by molar-refractivity contribution is 7.09. The van der Waals surface area contributed by atoms with Crippen molar-refractivity contribution in [3.63, 3.8) is 0 Å². The van der Waals surface area contributed by atoms with E-state index in [1.807, 2.05) is 12.4 Å². The number of nitrogens with zero attached hydrogens (tertiary/aromatic N) is 5. The summed E-state index contributed by atoms with van der Waals surface area (Å²) in [7, 11) is 0. The smallest absolute Gasteiger partial charge is 0.323 e. The predicted octanol–water partition coefficient (Wildman–Crippen LogP) is 1.44. The summed E-state index contributed by atoms with van der Waals surface area (Å²) in [5, 5.41) is 0. The largest absolute Gasteiger partial charge is 0.463 e. The molecular formula is C13H18N6OS. The number of ether oxygens (including phenoxy) is 1. The summed E-state index contributed by atoms with van der Waals surface area (Å²) in [6.07, 6.45) is 3.11. The molecule has 112 valence electrons. The number of aromatic nitrogens is 4. The highest BCUT2D eigenvalue weighted by atomic mass is 32.1. The molecule has 0 radical (unpaired) electrons. The van der Waals surface area contributed by atoms with Crippen LogP contribution in [0.2, 0.25) is 0 Å². The number of thiazole rings is 1. The van der Waals surface area contributed by atoms with Crippen LogP contribution in [0.3, 0.4) is 0 Å². The van der Waals surface area contributed by atoms with Crippen LogP contribution < -0.4 is 15.4 Å². The van der Waals surface area contributed by atoms with Crippen molar-refractivity contribution in [3.8, 4) is 6.01 Å². The molecule has 0 spiro atoms. The van der Waals surface area contributed by atoms with E-state index >= 15 is 0 Å². The topological polar surface area (TPSA) is 90.0 Å². The van der Waals surface area contributed by atoms with Gasteiger partial charge in [0.15, 0.2) is 0 Å². The monoisotopic (exact) mass is 306 g/mol. The lowest BCUT2D eigenvalue weighted by atomic mass is 10.3. The lowest BCUT2D eigenvalue weighted by Crippen LogP contribution is -2.22. The fourth-order valence-corrected chi connectivity index (χ4v) is 3.05. The summed E-state index contributed by atoms with van der Waals surface area (Å²) in [6, 6.07) is 0.298. The molecule has 3 heterocycles. The number of nitrogens with two attached hydrogens (primary N) is 1. The molecule has 0 aliphatic carbocycles. The maximum atomic E-state index is 5.74. The molecule has 1 aliphatic heterocycles. The van der Waals surface area contributed by atoms with E-state index in [1.54, 1.807) is 11.3 Å². The number of aryl methyl sites for hydroxylation is 1. The van der Waals surface area contributed by atoms with Crippen LogP contribution in [-0.4, -0.2) is 39.6 Å². The molecule has 0 unspecified atom stereocenters. The number of hydrogen-bond acceptors (Lipinski definition) is 8. The predicted molar refractivity (Wildman–Crippen MR) is 81.7 cm³/mol. The van der Waals surface area contributed by atoms with E-state index in [0.717, 1.165) is 38.0 Å². The maximum Gasteiger partial charge on any atom is 0.323 e. The molecule has 8 heteroatoms. The average Bonchev–Trinajstić information content (AvgIpc) is 3.10. The van der Waals surface area contributed by atoms with Crippen molar-refractivity contribution in [2.24, 2.45) is 0 Å². The van der Waals surface area contributed by atoms with Crippen LogP contribution in [0.1, 0.15) is 23.4 Å². The number of nitrogen functional groups attached to an aromatic ring is 1. The summed E-state index contributed by atoms with van der Waals surface area (Å²) in [5.41, 5.74) is 8.64. The van der Waals surface area contributed by atoms with Gasteiger partial charge in [0.2, 0.25) is 11.9 Å². The Balaban J connectivity index is 1.63. The molecule has 0 aromatic carbocycles. The second-order valence-corrected chi connectivity index (χ2v) is 5.87. The minimum atomic E-state index is 0.205. The zero-order valence-corrected chi connectivity index (χ0v) is 12.8. The summed E-state index contributed by atoms with van der Waals surface area (Å²) in [4.78, 5) is 20.1. The molecule has 0 bridgehead atoms. The normalized spacial score (nSPS) is 14.6. The fraction of sp³-hybridized carbons (Fsp3) is 0.538. The lowest BCUT2D eigenvalue weighted by Gasteiger charge is -2.15. The van der Waals surface area contributed by atoms with Crippen LogP contribution in [-0.2, 0) is 6.42 Å². The van der Waals surface area contributed by atoms with Crippen molar-refractivity contribution in [2.75, 3.05) is 30.3 Å². The van der Waals surface area contributed by atoms with E-state index in [2.05, 4.69) is 24.8 Å². The Kier molecular flexibility index (Phi) is 4.14. The minimum absolute atomic E-state index is 0.205. The van der Waals surface area contributed by atoms with Crippen molar-refractivity contribution < 1.29 is 4.74 Å². The molecular weight excluding hydrogens is 288 g/mol. The summed E-state index contributed by atoms with van der Waals surface area (Å²) < 4.78 is 5.63. The van der Waals surface area contributed by atoms with E-state index in [9.17, 15) is 0 Å². The van der Waals surface area contributed by atoms with Crippen molar-refractivity contribution >= 4 is 23.2 Å². The Labute approximate surface area is 127 Å². The van der Waals surface area contributed by atoms with Gasteiger partial charge in [-0.1, -0.05) is 0 Å². The highest BCUT2D eigenvalue weighted by Crippen LogP contribution is 2.19. The molecule has 7 nitrogen and oxygen atoms in total. The zero-order chi connectivity index (χ0) is 14.7. The Morgan fingerprint density at radius 3 is 2.81 bits per heavy atom. The second kappa shape index (κ2) is 6.21. The Hall–Kier alpha value is -1.96. The Bertz CT molecular complexity index is 610. The van der Waals surface area contributed by atoms with Gasteiger partial charge in [0.05, 0.1) is 17.8 Å². The van der Waals surface area contributed by atoms with E-state index < -0.39 is 0 Å². The molecule has 2 aromatic rings. The van der Waals surface area contributed by atoms with Gasteiger partial charge in [0, 0.05) is 24.4 Å². The van der Waals surface area contributed by atoms with Crippen molar-refractivity contribution in [3.05, 3.63) is 16.1 Å². The van der Waals surface area contributed by atoms with Crippen molar-refractivity contribution in [1.82, 2.24) is 19.9 Å². The Morgan fingerprint density at radius 1 is 1.29 bits per heavy atom. The van der Waals surface area contributed by atoms with Gasteiger partial charge < -0.3 is 15.4 Å². The summed E-state index contributed by atoms with van der Waals surface area (Å²) >= 11 is 1.63. The zero-order valence-electron chi connectivity index (χ0n) is 11.9. The van der Waals surface area contributed by atoms with E-state index in [0.29, 0.717) is 18.6 Å².